The third-order valence-electron chi connectivity index (χ3n) is 10.8. The molecule has 3 fully saturated rings. The summed E-state index contributed by atoms with van der Waals surface area (Å²) in [6.07, 6.45) is -0.937. The summed E-state index contributed by atoms with van der Waals surface area (Å²) >= 11 is 6.16. The van der Waals surface area contributed by atoms with E-state index in [1.165, 1.54) is 10.8 Å². The molecule has 6 heterocycles. The summed E-state index contributed by atoms with van der Waals surface area (Å²) in [5.41, 5.74) is -0.926. The smallest absolute Gasteiger partial charge is 0.416 e. The molecule has 1 spiro atoms. The van der Waals surface area contributed by atoms with Crippen LogP contribution in [-0.2, 0) is 27.7 Å². The minimum absolute atomic E-state index is 0.00197. The Kier molecular flexibility index (Phi) is 8.71. The number of alkyl halides is 3. The van der Waals surface area contributed by atoms with Crippen LogP contribution < -0.4 is 20.7 Å². The lowest BCUT2D eigenvalue weighted by Crippen LogP contribution is -2.47. The number of rotatable bonds is 6. The van der Waals surface area contributed by atoms with E-state index in [0.29, 0.717) is 68.6 Å². The van der Waals surface area contributed by atoms with Gasteiger partial charge in [-0.1, -0.05) is 18.5 Å². The number of morpholine rings is 1. The number of nitrogens with zero attached hydrogens (tertiary/aromatic N) is 9. The highest BCUT2D eigenvalue weighted by atomic mass is 35.5. The molecule has 0 saturated carbocycles. The van der Waals surface area contributed by atoms with Crippen molar-refractivity contribution in [2.75, 3.05) is 67.6 Å². The van der Waals surface area contributed by atoms with Crippen LogP contribution in [0.25, 0.3) is 5.78 Å². The number of carbonyl (C=O) groups excluding carboxylic acids is 2. The number of nitrogens with one attached hydrogen (secondary N) is 1. The Morgan fingerprint density at radius 3 is 2.47 bits per heavy atom. The summed E-state index contributed by atoms with van der Waals surface area (Å²) in [5.74, 6) is -0.686. The van der Waals surface area contributed by atoms with Crippen molar-refractivity contribution in [3.63, 3.8) is 0 Å². The van der Waals surface area contributed by atoms with E-state index < -0.39 is 29.0 Å². The molecule has 0 radical (unpaired) electrons. The van der Waals surface area contributed by atoms with Crippen LogP contribution in [0.5, 0.6) is 5.75 Å². The van der Waals surface area contributed by atoms with Crippen molar-refractivity contribution in [1.29, 1.82) is 0 Å². The molecule has 1 unspecified atom stereocenters. The molecule has 1 atom stereocenters. The van der Waals surface area contributed by atoms with Crippen molar-refractivity contribution in [1.82, 2.24) is 34.0 Å². The van der Waals surface area contributed by atoms with Gasteiger partial charge in [0.15, 0.2) is 17.3 Å². The van der Waals surface area contributed by atoms with Crippen molar-refractivity contribution in [2.24, 2.45) is 0 Å². The molecular weight excluding hydrogens is 721 g/mol. The first-order chi connectivity index (χ1) is 25.3. The number of amides is 2. The highest BCUT2D eigenvalue weighted by Crippen LogP contribution is 2.50. The van der Waals surface area contributed by atoms with Gasteiger partial charge in [-0.15, -0.1) is 5.10 Å². The maximum atomic E-state index is 14.5. The van der Waals surface area contributed by atoms with Gasteiger partial charge in [0.25, 0.3) is 11.5 Å². The molecular formula is C34H36ClF3N10O5. The summed E-state index contributed by atoms with van der Waals surface area (Å²) < 4.78 is 48.1. The molecule has 15 nitrogen and oxygen atoms in total. The van der Waals surface area contributed by atoms with Crippen LogP contribution in [0.15, 0.2) is 29.3 Å². The third kappa shape index (κ3) is 6.10. The zero-order valence-corrected chi connectivity index (χ0v) is 29.5. The summed E-state index contributed by atoms with van der Waals surface area (Å²) in [4.78, 5) is 60.2. The lowest BCUT2D eigenvalue weighted by molar-refractivity contribution is -0.137. The van der Waals surface area contributed by atoms with Gasteiger partial charge in [0, 0.05) is 55.9 Å². The second kappa shape index (κ2) is 13.2. The van der Waals surface area contributed by atoms with Crippen molar-refractivity contribution >= 4 is 46.6 Å². The molecule has 4 aliphatic rings. The number of piperidine rings is 1. The number of benzene rings is 1. The topological polar surface area (TPSA) is 163 Å². The molecule has 0 bridgehead atoms. The maximum absolute atomic E-state index is 14.5. The van der Waals surface area contributed by atoms with Gasteiger partial charge in [0.1, 0.15) is 12.9 Å². The van der Waals surface area contributed by atoms with Crippen molar-refractivity contribution in [3.05, 3.63) is 62.4 Å². The van der Waals surface area contributed by atoms with Gasteiger partial charge in [-0.2, -0.15) is 22.7 Å². The molecule has 3 aromatic heterocycles. The molecule has 8 rings (SSSR count). The Labute approximate surface area is 305 Å². The lowest BCUT2D eigenvalue weighted by atomic mass is 9.73. The fraction of sp³-hybridized carbons (Fsp3) is 0.500. The van der Waals surface area contributed by atoms with Gasteiger partial charge in [0.2, 0.25) is 17.6 Å². The second-order valence-corrected chi connectivity index (χ2v) is 14.4. The van der Waals surface area contributed by atoms with Crippen LogP contribution >= 0.6 is 11.6 Å². The third-order valence-corrected chi connectivity index (χ3v) is 11.1. The second-order valence-electron chi connectivity index (χ2n) is 14.0. The molecule has 2 N–H and O–H groups in total. The normalized spacial score (nSPS) is 19.8. The fourth-order valence-electron chi connectivity index (χ4n) is 8.06. The number of anilines is 3. The van der Waals surface area contributed by atoms with Gasteiger partial charge in [-0.25, -0.2) is 9.97 Å². The highest BCUT2D eigenvalue weighted by Gasteiger charge is 2.49. The number of hydrogen-bond acceptors (Lipinski definition) is 11. The number of fused-ring (bicyclic) bond motifs is 3. The Morgan fingerprint density at radius 1 is 1.08 bits per heavy atom. The average molecular weight is 757 g/mol. The summed E-state index contributed by atoms with van der Waals surface area (Å²) in [7, 11) is 0. The van der Waals surface area contributed by atoms with Gasteiger partial charge < -0.3 is 34.4 Å². The van der Waals surface area contributed by atoms with Crippen LogP contribution in [-0.4, -0.2) is 103 Å². The van der Waals surface area contributed by atoms with Crippen LogP contribution in [0.4, 0.5) is 30.6 Å². The minimum Gasteiger partial charge on any atom is -0.503 e. The molecule has 3 saturated heterocycles. The summed E-state index contributed by atoms with van der Waals surface area (Å²) in [6.45, 7) is 5.59. The first-order valence-electron chi connectivity index (χ1n) is 17.5. The van der Waals surface area contributed by atoms with E-state index in [2.05, 4.69) is 20.4 Å². The summed E-state index contributed by atoms with van der Waals surface area (Å²) in [6, 6.07) is 2.69. The van der Waals surface area contributed by atoms with Crippen molar-refractivity contribution in [3.8, 4) is 5.75 Å². The standard InChI is InChI=1S/C34H36ClF3N10O5/c1-19-16-33(5-9-45(10-6-33)30(52)25-27(50)28(40-18-39-25)44-7-2-8-44)24-26(19)47(17-23(49)41-22-4-3-20(15-21(22)35)34(36,37)38)32-42-31(43-48(32)29(24)51)46-11-13-53-14-12-46/h3-4,15,18-19,50H,2,5-14,16-17H2,1H3,(H,41,49). The van der Waals surface area contributed by atoms with E-state index in [9.17, 15) is 32.7 Å². The number of likely N-dealkylation sites (tertiary alicyclic amines) is 1. The largest absolute Gasteiger partial charge is 0.503 e. The predicted molar refractivity (Wildman–Crippen MR) is 186 cm³/mol. The Bertz CT molecular complexity index is 2170. The van der Waals surface area contributed by atoms with Gasteiger partial charge in [-0.3, -0.25) is 14.4 Å². The van der Waals surface area contributed by atoms with E-state index in [1.54, 1.807) is 9.47 Å². The number of halogens is 4. The van der Waals surface area contributed by atoms with E-state index in [4.69, 9.17) is 21.3 Å². The molecule has 19 heteroatoms. The molecule has 3 aliphatic heterocycles. The predicted octanol–water partition coefficient (Wildman–Crippen LogP) is 3.43. The molecule has 4 aromatic rings. The molecule has 1 aliphatic carbocycles. The molecule has 2 amide bonds. The highest BCUT2D eigenvalue weighted by molar-refractivity contribution is 6.33. The van der Waals surface area contributed by atoms with Crippen LogP contribution in [0.1, 0.15) is 65.8 Å². The molecule has 280 valence electrons. The zero-order valence-electron chi connectivity index (χ0n) is 28.7. The first kappa shape index (κ1) is 35.1. The molecule has 1 aromatic carbocycles. The first-order valence-corrected chi connectivity index (χ1v) is 17.8. The number of carbonyl (C=O) groups is 2. The van der Waals surface area contributed by atoms with E-state index in [1.807, 2.05) is 16.7 Å². The number of hydrogen-bond donors (Lipinski definition) is 2. The van der Waals surface area contributed by atoms with Crippen molar-refractivity contribution in [2.45, 2.75) is 56.7 Å². The van der Waals surface area contributed by atoms with E-state index in [0.717, 1.165) is 37.7 Å². The Hall–Kier alpha value is -4.97. The van der Waals surface area contributed by atoms with Crippen LogP contribution in [0.2, 0.25) is 5.02 Å². The monoisotopic (exact) mass is 756 g/mol. The van der Waals surface area contributed by atoms with Crippen molar-refractivity contribution < 1.29 is 32.6 Å². The Morgan fingerprint density at radius 2 is 1.81 bits per heavy atom. The van der Waals surface area contributed by atoms with Crippen LogP contribution in [0.3, 0.4) is 0 Å². The zero-order chi connectivity index (χ0) is 37.2. The van der Waals surface area contributed by atoms with Gasteiger partial charge in [0.05, 0.1) is 29.5 Å². The van der Waals surface area contributed by atoms with Gasteiger partial charge in [-0.05, 0) is 49.8 Å². The SMILES string of the molecule is CC1CC2(CCN(C(=O)c3ncnc(N4CCC4)c3O)CC2)c2c1n(CC(=O)Nc1ccc(C(F)(F)F)cc1Cl)c1nc(N3CCOCC3)nn1c2=O. The van der Waals surface area contributed by atoms with E-state index in [-0.39, 0.29) is 59.0 Å². The number of aromatic hydroxyl groups is 1. The summed E-state index contributed by atoms with van der Waals surface area (Å²) in [5, 5.41) is 17.9. The lowest BCUT2D eigenvalue weighted by Gasteiger charge is -2.39. The van der Waals surface area contributed by atoms with E-state index >= 15 is 0 Å². The quantitative estimate of drug-likeness (QED) is 0.297. The average Bonchev–Trinajstić information content (AvgIpc) is 3.68. The van der Waals surface area contributed by atoms with Crippen LogP contribution in [0, 0.1) is 0 Å². The minimum atomic E-state index is -4.61. The number of ether oxygens (including phenoxy) is 1. The maximum Gasteiger partial charge on any atom is 0.416 e. The number of aromatic nitrogens is 6. The Balaban J connectivity index is 1.13. The van der Waals surface area contributed by atoms with Gasteiger partial charge >= 0.3 is 6.18 Å². The molecule has 53 heavy (non-hydrogen) atoms. The fourth-order valence-corrected chi connectivity index (χ4v) is 8.29.